The Labute approximate surface area is 115 Å². The molecule has 0 radical (unpaired) electrons. The molecule has 4 N–H and O–H groups in total. The van der Waals surface area contributed by atoms with Crippen LogP contribution >= 0.6 is 0 Å². The van der Waals surface area contributed by atoms with Gasteiger partial charge in [0.1, 0.15) is 0 Å². The second-order valence-electron chi connectivity index (χ2n) is 6.41. The summed E-state index contributed by atoms with van der Waals surface area (Å²) in [4.78, 5) is 22.3. The molecule has 112 valence electrons. The summed E-state index contributed by atoms with van der Waals surface area (Å²) in [5.41, 5.74) is 6.03. The zero-order valence-corrected chi connectivity index (χ0v) is 12.5. The first-order valence-electron chi connectivity index (χ1n) is 6.88. The zero-order chi connectivity index (χ0) is 15.1. The number of hydrogen-bond donors (Lipinski definition) is 3. The number of rotatable bonds is 8. The van der Waals surface area contributed by atoms with Crippen molar-refractivity contribution < 1.29 is 14.7 Å². The first kappa shape index (κ1) is 17.9. The van der Waals surface area contributed by atoms with Crippen molar-refractivity contribution in [2.75, 3.05) is 6.54 Å². The largest absolute Gasteiger partial charge is 0.481 e. The number of nitrogens with two attached hydrogens (primary N) is 1. The van der Waals surface area contributed by atoms with Crippen LogP contribution in [-0.2, 0) is 9.59 Å². The standard InChI is InChI=1S/C14H28N2O3/c1-5-10(6-13(18)19)9-16-12(17)7-11(15)8-14(2,3)4/h10-11H,5-9,15H2,1-4H3,(H,16,17)(H,18,19). The van der Waals surface area contributed by atoms with Crippen molar-refractivity contribution in [1.82, 2.24) is 5.32 Å². The molecule has 0 aliphatic heterocycles. The third-order valence-corrected chi connectivity index (χ3v) is 2.95. The molecular formula is C14H28N2O3. The quantitative estimate of drug-likeness (QED) is 0.627. The van der Waals surface area contributed by atoms with Gasteiger partial charge in [0.2, 0.25) is 5.91 Å². The van der Waals surface area contributed by atoms with Crippen LogP contribution in [0, 0.1) is 11.3 Å². The summed E-state index contributed by atoms with van der Waals surface area (Å²) in [6.07, 6.45) is 1.90. The summed E-state index contributed by atoms with van der Waals surface area (Å²) in [5, 5.41) is 11.5. The molecule has 0 aliphatic carbocycles. The lowest BCUT2D eigenvalue weighted by atomic mass is 9.87. The molecule has 0 saturated carbocycles. The predicted molar refractivity (Wildman–Crippen MR) is 75.7 cm³/mol. The van der Waals surface area contributed by atoms with E-state index in [2.05, 4.69) is 26.1 Å². The highest BCUT2D eigenvalue weighted by molar-refractivity contribution is 5.76. The van der Waals surface area contributed by atoms with E-state index in [4.69, 9.17) is 10.8 Å². The second-order valence-corrected chi connectivity index (χ2v) is 6.41. The topological polar surface area (TPSA) is 92.4 Å². The van der Waals surface area contributed by atoms with E-state index in [0.717, 1.165) is 12.8 Å². The first-order valence-corrected chi connectivity index (χ1v) is 6.88. The van der Waals surface area contributed by atoms with E-state index in [1.807, 2.05) is 6.92 Å². The van der Waals surface area contributed by atoms with E-state index in [0.29, 0.717) is 13.0 Å². The summed E-state index contributed by atoms with van der Waals surface area (Å²) < 4.78 is 0. The van der Waals surface area contributed by atoms with Crippen molar-refractivity contribution in [1.29, 1.82) is 0 Å². The lowest BCUT2D eigenvalue weighted by molar-refractivity contribution is -0.138. The van der Waals surface area contributed by atoms with Crippen molar-refractivity contribution >= 4 is 11.9 Å². The Bertz CT molecular complexity index is 298. The molecule has 0 heterocycles. The van der Waals surface area contributed by atoms with Gasteiger partial charge in [-0.15, -0.1) is 0 Å². The number of carboxylic acids is 1. The van der Waals surface area contributed by atoms with Gasteiger partial charge in [-0.1, -0.05) is 34.1 Å². The molecule has 0 aromatic heterocycles. The summed E-state index contributed by atoms with van der Waals surface area (Å²) >= 11 is 0. The molecule has 0 bridgehead atoms. The van der Waals surface area contributed by atoms with Crippen LogP contribution in [0.2, 0.25) is 0 Å². The zero-order valence-electron chi connectivity index (χ0n) is 12.5. The highest BCUT2D eigenvalue weighted by atomic mass is 16.4. The fourth-order valence-electron chi connectivity index (χ4n) is 2.04. The first-order chi connectivity index (χ1) is 8.64. The maximum Gasteiger partial charge on any atom is 0.303 e. The van der Waals surface area contributed by atoms with Gasteiger partial charge >= 0.3 is 5.97 Å². The normalized spacial score (nSPS) is 14.8. The van der Waals surface area contributed by atoms with Crippen molar-refractivity contribution in [3.8, 4) is 0 Å². The molecule has 5 nitrogen and oxygen atoms in total. The number of carbonyl (C=O) groups is 2. The van der Waals surface area contributed by atoms with E-state index >= 15 is 0 Å². The fraction of sp³-hybridized carbons (Fsp3) is 0.857. The average Bonchev–Trinajstić information content (AvgIpc) is 2.20. The summed E-state index contributed by atoms with van der Waals surface area (Å²) in [7, 11) is 0. The Kier molecular flexibility index (Phi) is 7.68. The minimum Gasteiger partial charge on any atom is -0.481 e. The van der Waals surface area contributed by atoms with Gasteiger partial charge < -0.3 is 16.2 Å². The molecule has 0 spiro atoms. The Balaban J connectivity index is 4.00. The van der Waals surface area contributed by atoms with Gasteiger partial charge in [-0.05, 0) is 17.8 Å². The molecule has 1 amide bonds. The Morgan fingerprint density at radius 3 is 2.26 bits per heavy atom. The van der Waals surface area contributed by atoms with Crippen molar-refractivity contribution in [3.05, 3.63) is 0 Å². The van der Waals surface area contributed by atoms with E-state index in [1.54, 1.807) is 0 Å². The van der Waals surface area contributed by atoms with Crippen LogP contribution in [-0.4, -0.2) is 29.6 Å². The van der Waals surface area contributed by atoms with Crippen LogP contribution in [0.1, 0.15) is 53.4 Å². The number of aliphatic carboxylic acids is 1. The molecule has 2 atom stereocenters. The van der Waals surface area contributed by atoms with Gasteiger partial charge in [0, 0.05) is 25.4 Å². The third-order valence-electron chi connectivity index (χ3n) is 2.95. The molecule has 0 fully saturated rings. The monoisotopic (exact) mass is 272 g/mol. The molecule has 0 aromatic rings. The van der Waals surface area contributed by atoms with Crippen molar-refractivity contribution in [2.45, 2.75) is 59.4 Å². The molecule has 2 unspecified atom stereocenters. The molecule has 0 rings (SSSR count). The van der Waals surface area contributed by atoms with Crippen LogP contribution in [0.3, 0.4) is 0 Å². The minimum absolute atomic E-state index is 0.0136. The number of amides is 1. The maximum absolute atomic E-state index is 11.7. The Morgan fingerprint density at radius 2 is 1.84 bits per heavy atom. The lowest BCUT2D eigenvalue weighted by Crippen LogP contribution is -2.36. The molecule has 5 heteroatoms. The fourth-order valence-corrected chi connectivity index (χ4v) is 2.04. The lowest BCUT2D eigenvalue weighted by Gasteiger charge is -2.23. The Hall–Kier alpha value is -1.10. The van der Waals surface area contributed by atoms with E-state index < -0.39 is 5.97 Å². The molecule has 19 heavy (non-hydrogen) atoms. The van der Waals surface area contributed by atoms with Crippen LogP contribution in [0.5, 0.6) is 0 Å². The van der Waals surface area contributed by atoms with E-state index in [-0.39, 0.29) is 29.7 Å². The molecule has 0 saturated heterocycles. The predicted octanol–water partition coefficient (Wildman–Crippen LogP) is 1.76. The average molecular weight is 272 g/mol. The molecule has 0 aliphatic rings. The van der Waals surface area contributed by atoms with Crippen LogP contribution in [0.25, 0.3) is 0 Å². The SMILES string of the molecule is CCC(CNC(=O)CC(N)CC(C)(C)C)CC(=O)O. The highest BCUT2D eigenvalue weighted by Gasteiger charge is 2.19. The van der Waals surface area contributed by atoms with Crippen LogP contribution < -0.4 is 11.1 Å². The van der Waals surface area contributed by atoms with Gasteiger partial charge in [-0.25, -0.2) is 0 Å². The number of nitrogens with one attached hydrogen (secondary N) is 1. The van der Waals surface area contributed by atoms with Crippen molar-refractivity contribution in [2.24, 2.45) is 17.1 Å². The summed E-state index contributed by atoms with van der Waals surface area (Å²) in [5.74, 6) is -0.939. The van der Waals surface area contributed by atoms with Crippen LogP contribution in [0.15, 0.2) is 0 Å². The summed E-state index contributed by atoms with van der Waals surface area (Å²) in [6.45, 7) is 8.59. The van der Waals surface area contributed by atoms with Gasteiger partial charge in [-0.2, -0.15) is 0 Å². The van der Waals surface area contributed by atoms with E-state index in [1.165, 1.54) is 0 Å². The number of carboxylic acid groups (broad SMARTS) is 1. The van der Waals surface area contributed by atoms with Crippen molar-refractivity contribution in [3.63, 3.8) is 0 Å². The van der Waals surface area contributed by atoms with E-state index in [9.17, 15) is 9.59 Å². The maximum atomic E-state index is 11.7. The third kappa shape index (κ3) is 10.5. The smallest absolute Gasteiger partial charge is 0.303 e. The molecule has 0 aromatic carbocycles. The number of hydrogen-bond acceptors (Lipinski definition) is 3. The van der Waals surface area contributed by atoms with Gasteiger partial charge in [-0.3, -0.25) is 9.59 Å². The second kappa shape index (κ2) is 8.15. The van der Waals surface area contributed by atoms with Gasteiger partial charge in [0.05, 0.1) is 0 Å². The van der Waals surface area contributed by atoms with Gasteiger partial charge in [0.25, 0.3) is 0 Å². The minimum atomic E-state index is -0.828. The van der Waals surface area contributed by atoms with Gasteiger partial charge in [0.15, 0.2) is 0 Å². The molecular weight excluding hydrogens is 244 g/mol. The van der Waals surface area contributed by atoms with Crippen LogP contribution in [0.4, 0.5) is 0 Å². The Morgan fingerprint density at radius 1 is 1.26 bits per heavy atom. The summed E-state index contributed by atoms with van der Waals surface area (Å²) in [6, 6.07) is -0.153. The number of carbonyl (C=O) groups excluding carboxylic acids is 1. The highest BCUT2D eigenvalue weighted by Crippen LogP contribution is 2.20.